The van der Waals surface area contributed by atoms with Crippen molar-refractivity contribution in [3.8, 4) is 11.5 Å². The Morgan fingerprint density at radius 3 is 2.29 bits per heavy atom. The van der Waals surface area contributed by atoms with Gasteiger partial charge < -0.3 is 20.1 Å². The Hall–Kier alpha value is -4.61. The molecule has 0 unspecified atom stereocenters. The second kappa shape index (κ2) is 12.7. The molecule has 0 aliphatic rings. The quantitative estimate of drug-likeness (QED) is 0.264. The van der Waals surface area contributed by atoms with Gasteiger partial charge in [0.15, 0.2) is 11.5 Å². The van der Waals surface area contributed by atoms with Gasteiger partial charge in [0.25, 0.3) is 11.8 Å². The van der Waals surface area contributed by atoms with Crippen LogP contribution in [0.5, 0.6) is 11.5 Å². The van der Waals surface area contributed by atoms with Crippen LogP contribution in [0.1, 0.15) is 21.5 Å². The van der Waals surface area contributed by atoms with Crippen molar-refractivity contribution in [2.45, 2.75) is 6.42 Å². The minimum Gasteiger partial charge on any atom is -0.493 e. The maximum Gasteiger partial charge on any atom is 0.307 e. The summed E-state index contributed by atoms with van der Waals surface area (Å²) in [5.74, 6) is 0.180. The minimum absolute atomic E-state index is 0.0312. The average Bonchev–Trinajstić information content (AvgIpc) is 3.36. The number of fused-ring (bicyclic) bond motifs is 1. The number of para-hydroxylation sites is 1. The number of ether oxygens (including phenoxy) is 2. The standard InChI is InChI=1S/C30H32N4O6S/c1-33(2)41(37,38)34-20-23(24-12-8-9-13-26(24)34)19-25(32-29(35)22-10-6-5-7-11-22)30(36)31-17-16-21-14-15-27(39-3)28(18-21)40-4/h5-15,18-20H,16-17H2,1-4H3,(H,31,36)(H,32,35). The summed E-state index contributed by atoms with van der Waals surface area (Å²) in [7, 11) is 2.15. The SMILES string of the molecule is COc1ccc(CCNC(=O)C(=Cc2cn(S(=O)(=O)N(C)C)c3ccccc23)NC(=O)c2ccccc2)cc1OC. The van der Waals surface area contributed by atoms with Gasteiger partial charge in [0.05, 0.1) is 19.7 Å². The summed E-state index contributed by atoms with van der Waals surface area (Å²) >= 11 is 0. The summed E-state index contributed by atoms with van der Waals surface area (Å²) in [4.78, 5) is 26.4. The number of rotatable bonds is 11. The van der Waals surface area contributed by atoms with Gasteiger partial charge in [-0.25, -0.2) is 3.97 Å². The number of aromatic nitrogens is 1. The maximum absolute atomic E-state index is 13.4. The van der Waals surface area contributed by atoms with Crippen molar-refractivity contribution < 1.29 is 27.5 Å². The number of hydrogen-bond acceptors (Lipinski definition) is 6. The maximum atomic E-state index is 13.4. The number of nitrogens with zero attached hydrogens (tertiary/aromatic N) is 2. The van der Waals surface area contributed by atoms with Crippen LogP contribution in [0.25, 0.3) is 17.0 Å². The van der Waals surface area contributed by atoms with Gasteiger partial charge in [-0.3, -0.25) is 9.59 Å². The van der Waals surface area contributed by atoms with E-state index >= 15 is 0 Å². The van der Waals surface area contributed by atoms with Crippen LogP contribution in [-0.2, 0) is 21.4 Å². The van der Waals surface area contributed by atoms with E-state index in [4.69, 9.17) is 9.47 Å². The molecule has 4 aromatic rings. The Morgan fingerprint density at radius 2 is 1.61 bits per heavy atom. The Morgan fingerprint density at radius 1 is 0.927 bits per heavy atom. The molecule has 0 spiro atoms. The van der Waals surface area contributed by atoms with Gasteiger partial charge in [-0.1, -0.05) is 42.5 Å². The molecule has 2 amide bonds. The predicted octanol–water partition coefficient (Wildman–Crippen LogP) is 3.44. The summed E-state index contributed by atoms with van der Waals surface area (Å²) in [6, 6.07) is 21.0. The van der Waals surface area contributed by atoms with Crippen LogP contribution >= 0.6 is 0 Å². The third-order valence-electron chi connectivity index (χ3n) is 6.39. The number of carbonyl (C=O) groups is 2. The zero-order valence-electron chi connectivity index (χ0n) is 23.2. The number of hydrogen-bond donors (Lipinski definition) is 2. The van der Waals surface area contributed by atoms with E-state index in [-0.39, 0.29) is 12.2 Å². The second-order valence-electron chi connectivity index (χ2n) is 9.26. The Balaban J connectivity index is 1.66. The summed E-state index contributed by atoms with van der Waals surface area (Å²) in [5.41, 5.74) is 2.14. The van der Waals surface area contributed by atoms with Gasteiger partial charge in [-0.15, -0.1) is 0 Å². The van der Waals surface area contributed by atoms with Crippen molar-refractivity contribution in [1.82, 2.24) is 18.9 Å². The molecule has 11 heteroatoms. The molecule has 0 aliphatic heterocycles. The fourth-order valence-electron chi connectivity index (χ4n) is 4.21. The molecule has 2 N–H and O–H groups in total. The van der Waals surface area contributed by atoms with E-state index in [1.165, 1.54) is 26.4 Å². The summed E-state index contributed by atoms with van der Waals surface area (Å²) in [6.45, 7) is 0.267. The lowest BCUT2D eigenvalue weighted by Crippen LogP contribution is -2.35. The van der Waals surface area contributed by atoms with Gasteiger partial charge in [0, 0.05) is 43.4 Å². The van der Waals surface area contributed by atoms with Crippen molar-refractivity contribution >= 4 is 39.0 Å². The molecule has 0 saturated heterocycles. The molecule has 1 heterocycles. The van der Waals surface area contributed by atoms with Crippen molar-refractivity contribution in [2.75, 3.05) is 34.9 Å². The lowest BCUT2D eigenvalue weighted by Gasteiger charge is -2.13. The van der Waals surface area contributed by atoms with E-state index in [0.29, 0.717) is 39.9 Å². The van der Waals surface area contributed by atoms with Crippen LogP contribution in [0.2, 0.25) is 0 Å². The molecule has 41 heavy (non-hydrogen) atoms. The zero-order chi connectivity index (χ0) is 29.6. The summed E-state index contributed by atoms with van der Waals surface area (Å²) < 4.78 is 38.9. The predicted molar refractivity (Wildman–Crippen MR) is 158 cm³/mol. The summed E-state index contributed by atoms with van der Waals surface area (Å²) in [5, 5.41) is 6.15. The van der Waals surface area contributed by atoms with Crippen molar-refractivity contribution in [2.24, 2.45) is 0 Å². The summed E-state index contributed by atoms with van der Waals surface area (Å²) in [6.07, 6.45) is 3.41. The van der Waals surface area contributed by atoms with Gasteiger partial charge in [-0.05, 0) is 48.4 Å². The zero-order valence-corrected chi connectivity index (χ0v) is 24.1. The molecular weight excluding hydrogens is 544 g/mol. The van der Waals surface area contributed by atoms with Crippen LogP contribution in [-0.4, -0.2) is 63.4 Å². The largest absolute Gasteiger partial charge is 0.493 e. The highest BCUT2D eigenvalue weighted by molar-refractivity contribution is 7.87. The molecule has 10 nitrogen and oxygen atoms in total. The van der Waals surface area contributed by atoms with E-state index in [2.05, 4.69) is 10.6 Å². The van der Waals surface area contributed by atoms with E-state index in [9.17, 15) is 18.0 Å². The third-order valence-corrected chi connectivity index (χ3v) is 8.12. The van der Waals surface area contributed by atoms with Gasteiger partial charge in [-0.2, -0.15) is 12.7 Å². The van der Waals surface area contributed by atoms with E-state index in [1.807, 2.05) is 12.1 Å². The molecule has 0 aliphatic carbocycles. The fraction of sp³-hybridized carbons (Fsp3) is 0.200. The number of nitrogens with one attached hydrogen (secondary N) is 2. The van der Waals surface area contributed by atoms with Gasteiger partial charge >= 0.3 is 10.2 Å². The molecule has 0 saturated carbocycles. The topological polar surface area (TPSA) is 119 Å². The van der Waals surface area contributed by atoms with Crippen LogP contribution in [0.3, 0.4) is 0 Å². The van der Waals surface area contributed by atoms with E-state index in [1.54, 1.807) is 74.9 Å². The Bertz CT molecular complexity index is 1690. The van der Waals surface area contributed by atoms with Gasteiger partial charge in [0.2, 0.25) is 0 Å². The molecule has 3 aromatic carbocycles. The highest BCUT2D eigenvalue weighted by Gasteiger charge is 2.22. The fourth-order valence-corrected chi connectivity index (χ4v) is 5.21. The lowest BCUT2D eigenvalue weighted by atomic mass is 10.1. The minimum atomic E-state index is -3.85. The number of amides is 2. The first-order chi connectivity index (χ1) is 19.6. The van der Waals surface area contributed by atoms with Crippen molar-refractivity contribution in [3.05, 3.63) is 101 Å². The molecule has 1 aromatic heterocycles. The third kappa shape index (κ3) is 6.59. The number of carbonyl (C=O) groups excluding carboxylic acids is 2. The Kier molecular flexibility index (Phi) is 9.10. The first kappa shape index (κ1) is 29.4. The molecule has 4 rings (SSSR count). The van der Waals surface area contributed by atoms with Crippen molar-refractivity contribution in [1.29, 1.82) is 0 Å². The van der Waals surface area contributed by atoms with Gasteiger partial charge in [0.1, 0.15) is 5.70 Å². The second-order valence-corrected chi connectivity index (χ2v) is 11.3. The molecule has 214 valence electrons. The van der Waals surface area contributed by atoms with Crippen LogP contribution in [0, 0.1) is 0 Å². The van der Waals surface area contributed by atoms with E-state index < -0.39 is 22.0 Å². The van der Waals surface area contributed by atoms with Crippen LogP contribution in [0.4, 0.5) is 0 Å². The monoisotopic (exact) mass is 576 g/mol. The average molecular weight is 577 g/mol. The highest BCUT2D eigenvalue weighted by atomic mass is 32.2. The lowest BCUT2D eigenvalue weighted by molar-refractivity contribution is -0.117. The molecular formula is C30H32N4O6S. The Labute approximate surface area is 239 Å². The molecule has 0 fully saturated rings. The smallest absolute Gasteiger partial charge is 0.307 e. The van der Waals surface area contributed by atoms with Crippen LogP contribution in [0.15, 0.2) is 84.7 Å². The molecule has 0 atom stereocenters. The first-order valence-electron chi connectivity index (χ1n) is 12.8. The number of benzene rings is 3. The normalized spacial score (nSPS) is 11.9. The van der Waals surface area contributed by atoms with E-state index in [0.717, 1.165) is 13.8 Å². The van der Waals surface area contributed by atoms with Crippen LogP contribution < -0.4 is 20.1 Å². The van der Waals surface area contributed by atoms with Crippen molar-refractivity contribution in [3.63, 3.8) is 0 Å². The first-order valence-corrected chi connectivity index (χ1v) is 14.2. The number of methoxy groups -OCH3 is 2. The molecule has 0 bridgehead atoms. The highest BCUT2D eigenvalue weighted by Crippen LogP contribution is 2.28. The molecule has 0 radical (unpaired) electrons.